The summed E-state index contributed by atoms with van der Waals surface area (Å²) >= 11 is 6.09. The molecule has 0 aliphatic rings. The number of hydrogen-bond acceptors (Lipinski definition) is 1. The molecule has 3 aromatic rings. The molecule has 2 aromatic carbocycles. The lowest BCUT2D eigenvalue weighted by molar-refractivity contribution is 0.614. The number of H-pyrrole nitrogens is 1. The molecule has 4 heteroatoms. The fourth-order valence-electron chi connectivity index (χ4n) is 2.50. The van der Waals surface area contributed by atoms with Gasteiger partial charge in [-0.25, -0.2) is 4.39 Å². The molecule has 0 saturated heterocycles. The van der Waals surface area contributed by atoms with Gasteiger partial charge in [0.15, 0.2) is 0 Å². The van der Waals surface area contributed by atoms with E-state index < -0.39 is 0 Å². The van der Waals surface area contributed by atoms with Gasteiger partial charge in [0.1, 0.15) is 11.9 Å². The normalized spacial score (nSPS) is 10.4. The van der Waals surface area contributed by atoms with Crippen LogP contribution in [0.1, 0.15) is 16.7 Å². The Labute approximate surface area is 132 Å². The van der Waals surface area contributed by atoms with E-state index in [4.69, 9.17) is 11.6 Å². The Balaban J connectivity index is 2.10. The van der Waals surface area contributed by atoms with Crippen LogP contribution in [-0.4, -0.2) is 4.98 Å². The molecule has 0 atom stereocenters. The molecule has 108 valence electrons. The molecule has 0 unspecified atom stereocenters. The van der Waals surface area contributed by atoms with Crippen molar-refractivity contribution in [2.24, 2.45) is 0 Å². The molecule has 0 spiro atoms. The number of benzene rings is 2. The number of halogens is 2. The fraction of sp³-hybridized carbons (Fsp3) is 0.0556. The van der Waals surface area contributed by atoms with Crippen LogP contribution < -0.4 is 0 Å². The number of aromatic amines is 1. The highest BCUT2D eigenvalue weighted by Gasteiger charge is 2.13. The van der Waals surface area contributed by atoms with Crippen LogP contribution in [0.4, 0.5) is 4.39 Å². The van der Waals surface area contributed by atoms with Crippen LogP contribution in [0.25, 0.3) is 11.1 Å². The van der Waals surface area contributed by atoms with Gasteiger partial charge in [0, 0.05) is 29.4 Å². The smallest absolute Gasteiger partial charge is 0.126 e. The first kappa shape index (κ1) is 14.4. The number of nitriles is 1. The predicted molar refractivity (Wildman–Crippen MR) is 85.2 cm³/mol. The van der Waals surface area contributed by atoms with Gasteiger partial charge in [-0.15, -0.1) is 0 Å². The Morgan fingerprint density at radius 3 is 2.64 bits per heavy atom. The second kappa shape index (κ2) is 6.05. The largest absolute Gasteiger partial charge is 0.366 e. The molecule has 0 aliphatic carbocycles. The second-order valence-electron chi connectivity index (χ2n) is 4.96. The molecule has 1 N–H and O–H groups in total. The SMILES string of the molecule is N#Cc1c[nH]cc1-c1ccc(Cl)cc1Cc1ccccc1F. The topological polar surface area (TPSA) is 39.6 Å². The average molecular weight is 311 g/mol. The first-order chi connectivity index (χ1) is 10.7. The van der Waals surface area contributed by atoms with Crippen LogP contribution >= 0.6 is 11.6 Å². The Hall–Kier alpha value is -2.57. The van der Waals surface area contributed by atoms with E-state index in [-0.39, 0.29) is 5.82 Å². The second-order valence-corrected chi connectivity index (χ2v) is 5.40. The van der Waals surface area contributed by atoms with E-state index in [0.717, 1.165) is 16.7 Å². The first-order valence-electron chi connectivity index (χ1n) is 6.78. The molecular formula is C18H12ClFN2. The molecule has 0 radical (unpaired) electrons. The molecule has 1 heterocycles. The maximum Gasteiger partial charge on any atom is 0.126 e. The Morgan fingerprint density at radius 1 is 1.05 bits per heavy atom. The predicted octanol–water partition coefficient (Wildman–Crippen LogP) is 4.94. The molecule has 0 bridgehead atoms. The number of nitrogens with zero attached hydrogens (tertiary/aromatic N) is 1. The van der Waals surface area contributed by atoms with Crippen LogP contribution in [0.3, 0.4) is 0 Å². The molecule has 0 aliphatic heterocycles. The third-order valence-corrected chi connectivity index (χ3v) is 3.80. The standard InChI is InChI=1S/C18H12ClFN2/c19-15-5-6-16(17-11-22-10-14(17)9-21)13(8-15)7-12-3-1-2-4-18(12)20/h1-6,8,10-11,22H,7H2. The maximum atomic E-state index is 13.9. The van der Waals surface area contributed by atoms with Crippen molar-refractivity contribution in [3.8, 4) is 17.2 Å². The van der Waals surface area contributed by atoms with Crippen molar-refractivity contribution < 1.29 is 4.39 Å². The molecule has 1 aromatic heterocycles. The summed E-state index contributed by atoms with van der Waals surface area (Å²) in [7, 11) is 0. The van der Waals surface area contributed by atoms with Crippen LogP contribution in [0.15, 0.2) is 54.9 Å². The fourth-order valence-corrected chi connectivity index (χ4v) is 2.69. The van der Waals surface area contributed by atoms with Gasteiger partial charge in [0.25, 0.3) is 0 Å². The Morgan fingerprint density at radius 2 is 1.86 bits per heavy atom. The summed E-state index contributed by atoms with van der Waals surface area (Å²) in [5.74, 6) is -0.247. The minimum absolute atomic E-state index is 0.247. The van der Waals surface area contributed by atoms with E-state index in [1.165, 1.54) is 6.07 Å². The van der Waals surface area contributed by atoms with Gasteiger partial charge >= 0.3 is 0 Å². The van der Waals surface area contributed by atoms with Crippen molar-refractivity contribution in [1.29, 1.82) is 5.26 Å². The Bertz CT molecular complexity index is 862. The maximum absolute atomic E-state index is 13.9. The number of aromatic nitrogens is 1. The van der Waals surface area contributed by atoms with E-state index in [1.807, 2.05) is 12.1 Å². The summed E-state index contributed by atoms with van der Waals surface area (Å²) in [6.45, 7) is 0. The van der Waals surface area contributed by atoms with Gasteiger partial charge in [0.05, 0.1) is 5.56 Å². The van der Waals surface area contributed by atoms with E-state index in [0.29, 0.717) is 22.6 Å². The zero-order chi connectivity index (χ0) is 15.5. The molecule has 3 rings (SSSR count). The number of nitrogens with one attached hydrogen (secondary N) is 1. The summed E-state index contributed by atoms with van der Waals surface area (Å²) in [6, 6.07) is 14.3. The van der Waals surface area contributed by atoms with Crippen molar-refractivity contribution in [2.75, 3.05) is 0 Å². The van der Waals surface area contributed by atoms with E-state index >= 15 is 0 Å². The lowest BCUT2D eigenvalue weighted by Crippen LogP contribution is -1.95. The monoisotopic (exact) mass is 310 g/mol. The summed E-state index contributed by atoms with van der Waals surface area (Å²) in [5.41, 5.74) is 3.71. The van der Waals surface area contributed by atoms with Crippen LogP contribution in [0.5, 0.6) is 0 Å². The number of rotatable bonds is 3. The molecular weight excluding hydrogens is 299 g/mol. The van der Waals surface area contributed by atoms with Crippen molar-refractivity contribution in [1.82, 2.24) is 4.98 Å². The van der Waals surface area contributed by atoms with Gasteiger partial charge in [-0.2, -0.15) is 5.26 Å². The molecule has 0 amide bonds. The number of hydrogen-bond donors (Lipinski definition) is 1. The van der Waals surface area contributed by atoms with Crippen molar-refractivity contribution in [2.45, 2.75) is 6.42 Å². The third kappa shape index (κ3) is 2.74. The third-order valence-electron chi connectivity index (χ3n) is 3.56. The molecule has 0 saturated carbocycles. The van der Waals surface area contributed by atoms with E-state index in [9.17, 15) is 9.65 Å². The zero-order valence-electron chi connectivity index (χ0n) is 11.6. The van der Waals surface area contributed by atoms with Crippen molar-refractivity contribution >= 4 is 11.6 Å². The Kier molecular flexibility index (Phi) is 3.95. The van der Waals surface area contributed by atoms with Crippen LogP contribution in [0.2, 0.25) is 5.02 Å². The summed E-state index contributed by atoms with van der Waals surface area (Å²) in [6.07, 6.45) is 3.84. The summed E-state index contributed by atoms with van der Waals surface area (Å²) < 4.78 is 13.9. The van der Waals surface area contributed by atoms with E-state index in [2.05, 4.69) is 11.1 Å². The van der Waals surface area contributed by atoms with Gasteiger partial charge in [-0.3, -0.25) is 0 Å². The lowest BCUT2D eigenvalue weighted by Gasteiger charge is -2.10. The average Bonchev–Trinajstić information content (AvgIpc) is 2.98. The molecule has 22 heavy (non-hydrogen) atoms. The van der Waals surface area contributed by atoms with Crippen molar-refractivity contribution in [3.63, 3.8) is 0 Å². The minimum Gasteiger partial charge on any atom is -0.366 e. The zero-order valence-corrected chi connectivity index (χ0v) is 12.4. The van der Waals surface area contributed by atoms with Gasteiger partial charge in [0.2, 0.25) is 0 Å². The highest BCUT2D eigenvalue weighted by Crippen LogP contribution is 2.31. The molecule has 2 nitrogen and oxygen atoms in total. The highest BCUT2D eigenvalue weighted by atomic mass is 35.5. The highest BCUT2D eigenvalue weighted by molar-refractivity contribution is 6.30. The van der Waals surface area contributed by atoms with Crippen molar-refractivity contribution in [3.05, 3.63) is 82.4 Å². The van der Waals surface area contributed by atoms with Crippen LogP contribution in [-0.2, 0) is 6.42 Å². The summed E-state index contributed by atoms with van der Waals surface area (Å²) in [5, 5.41) is 9.78. The van der Waals surface area contributed by atoms with Gasteiger partial charge in [-0.05, 0) is 34.9 Å². The van der Waals surface area contributed by atoms with Gasteiger partial charge in [-0.1, -0.05) is 35.9 Å². The molecule has 0 fully saturated rings. The van der Waals surface area contributed by atoms with E-state index in [1.54, 1.807) is 36.7 Å². The first-order valence-corrected chi connectivity index (χ1v) is 7.16. The minimum atomic E-state index is -0.247. The quantitative estimate of drug-likeness (QED) is 0.731. The van der Waals surface area contributed by atoms with Crippen LogP contribution in [0, 0.1) is 17.1 Å². The van der Waals surface area contributed by atoms with Gasteiger partial charge < -0.3 is 4.98 Å². The summed E-state index contributed by atoms with van der Waals surface area (Å²) in [4.78, 5) is 2.94. The lowest BCUT2D eigenvalue weighted by atomic mass is 9.94.